The van der Waals surface area contributed by atoms with Crippen LogP contribution in [0.25, 0.3) is 0 Å². The third-order valence-corrected chi connectivity index (χ3v) is 5.43. The maximum absolute atomic E-state index is 12.0. The van der Waals surface area contributed by atoms with Crippen LogP contribution in [0.5, 0.6) is 17.2 Å². The molecule has 34 heavy (non-hydrogen) atoms. The lowest BCUT2D eigenvalue weighted by Crippen LogP contribution is -2.36. The second kappa shape index (κ2) is 14.8. The van der Waals surface area contributed by atoms with Crippen LogP contribution in [0.4, 0.5) is 0 Å². The predicted molar refractivity (Wildman–Crippen MR) is 128 cm³/mol. The summed E-state index contributed by atoms with van der Waals surface area (Å²) >= 11 is 0. The van der Waals surface area contributed by atoms with Gasteiger partial charge in [0.05, 0.1) is 34.5 Å². The normalized spacial score (nSPS) is 14.6. The molecule has 1 saturated heterocycles. The van der Waals surface area contributed by atoms with Crippen molar-refractivity contribution >= 4 is 12.4 Å². The molecule has 0 aromatic heterocycles. The number of amides is 1. The zero-order chi connectivity index (χ0) is 24.8. The molecule has 1 heterocycles. The molecule has 0 bridgehead atoms. The van der Waals surface area contributed by atoms with E-state index in [1.807, 2.05) is 42.5 Å². The summed E-state index contributed by atoms with van der Waals surface area (Å²) in [5.74, 6) is 1.42. The summed E-state index contributed by atoms with van der Waals surface area (Å²) in [5.41, 5.74) is 2.22. The minimum absolute atomic E-state index is 0.304. The molecular formula is C26H35NO7. The Bertz CT molecular complexity index is 863. The van der Waals surface area contributed by atoms with Gasteiger partial charge in [-0.3, -0.25) is 4.79 Å². The van der Waals surface area contributed by atoms with Crippen molar-refractivity contribution in [2.45, 2.75) is 38.3 Å². The van der Waals surface area contributed by atoms with Crippen LogP contribution in [-0.2, 0) is 32.1 Å². The first-order valence-electron chi connectivity index (χ1n) is 11.3. The summed E-state index contributed by atoms with van der Waals surface area (Å²) in [6.07, 6.45) is 3.59. The highest BCUT2D eigenvalue weighted by Gasteiger charge is 2.30. The van der Waals surface area contributed by atoms with Crippen LogP contribution in [0, 0.1) is 0 Å². The topological polar surface area (TPSA) is 83.5 Å². The smallest absolute Gasteiger partial charge is 0.328 e. The third kappa shape index (κ3) is 7.95. The van der Waals surface area contributed by atoms with Crippen molar-refractivity contribution in [1.82, 2.24) is 4.90 Å². The number of esters is 1. The van der Waals surface area contributed by atoms with Gasteiger partial charge in [0.1, 0.15) is 6.04 Å². The molecule has 2 aromatic carbocycles. The first kappa shape index (κ1) is 27.0. The van der Waals surface area contributed by atoms with Crippen molar-refractivity contribution in [3.8, 4) is 17.2 Å². The molecule has 1 amide bonds. The minimum atomic E-state index is -0.432. The van der Waals surface area contributed by atoms with Crippen molar-refractivity contribution < 1.29 is 33.3 Å². The van der Waals surface area contributed by atoms with Crippen LogP contribution in [0.2, 0.25) is 0 Å². The van der Waals surface area contributed by atoms with Gasteiger partial charge in [-0.15, -0.1) is 0 Å². The van der Waals surface area contributed by atoms with Crippen LogP contribution in [0.15, 0.2) is 42.5 Å². The summed E-state index contributed by atoms with van der Waals surface area (Å²) in [5, 5.41) is 0. The summed E-state index contributed by atoms with van der Waals surface area (Å²) < 4.78 is 26.2. The van der Waals surface area contributed by atoms with Crippen LogP contribution in [-0.4, -0.2) is 64.9 Å². The van der Waals surface area contributed by atoms with Crippen LogP contribution < -0.4 is 14.2 Å². The largest absolute Gasteiger partial charge is 0.493 e. The Balaban J connectivity index is 0.000000379. The fourth-order valence-electron chi connectivity index (χ4n) is 3.73. The van der Waals surface area contributed by atoms with Gasteiger partial charge in [0.15, 0.2) is 11.5 Å². The SMILES string of the molecule is COCc1ccccc1.COc1cc(CCCOC(=O)C2CCCN2C=O)cc(OC)c1OC. The number of aryl methyl sites for hydroxylation is 1. The molecule has 0 radical (unpaired) electrons. The van der Waals surface area contributed by atoms with E-state index >= 15 is 0 Å². The molecule has 8 heteroatoms. The van der Waals surface area contributed by atoms with Crippen molar-refractivity contribution in [2.24, 2.45) is 0 Å². The Morgan fingerprint density at radius 3 is 2.24 bits per heavy atom. The summed E-state index contributed by atoms with van der Waals surface area (Å²) in [4.78, 5) is 24.4. The molecule has 1 fully saturated rings. The first-order chi connectivity index (χ1) is 16.6. The number of rotatable bonds is 11. The van der Waals surface area contributed by atoms with Crippen molar-refractivity contribution in [1.29, 1.82) is 0 Å². The Labute approximate surface area is 201 Å². The van der Waals surface area contributed by atoms with Gasteiger partial charge in [-0.1, -0.05) is 30.3 Å². The van der Waals surface area contributed by atoms with Gasteiger partial charge >= 0.3 is 5.97 Å². The van der Waals surface area contributed by atoms with E-state index in [1.54, 1.807) is 28.4 Å². The fourth-order valence-corrected chi connectivity index (χ4v) is 3.73. The zero-order valence-electron chi connectivity index (χ0n) is 20.5. The second-order valence-electron chi connectivity index (χ2n) is 7.72. The number of benzene rings is 2. The Hall–Kier alpha value is -3.26. The molecule has 0 aliphatic carbocycles. The highest BCUT2D eigenvalue weighted by Crippen LogP contribution is 2.38. The van der Waals surface area contributed by atoms with Gasteiger partial charge in [-0.25, -0.2) is 4.79 Å². The number of methoxy groups -OCH3 is 4. The van der Waals surface area contributed by atoms with Gasteiger partial charge in [-0.2, -0.15) is 0 Å². The van der Waals surface area contributed by atoms with E-state index < -0.39 is 6.04 Å². The number of ether oxygens (including phenoxy) is 5. The second-order valence-corrected chi connectivity index (χ2v) is 7.72. The monoisotopic (exact) mass is 473 g/mol. The lowest BCUT2D eigenvalue weighted by Gasteiger charge is -2.18. The molecule has 1 unspecified atom stereocenters. The number of likely N-dealkylation sites (tertiary alicyclic amines) is 1. The molecule has 3 rings (SSSR count). The lowest BCUT2D eigenvalue weighted by molar-refractivity contribution is -0.150. The van der Waals surface area contributed by atoms with Gasteiger partial charge in [-0.05, 0) is 48.9 Å². The molecule has 0 spiro atoms. The maximum atomic E-state index is 12.0. The Morgan fingerprint density at radius 1 is 1.00 bits per heavy atom. The van der Waals surface area contributed by atoms with E-state index in [2.05, 4.69) is 0 Å². The summed E-state index contributed by atoms with van der Waals surface area (Å²) in [7, 11) is 6.41. The predicted octanol–water partition coefficient (Wildman–Crippen LogP) is 3.64. The van der Waals surface area contributed by atoms with E-state index in [0.29, 0.717) is 56.3 Å². The number of hydrogen-bond donors (Lipinski definition) is 0. The van der Waals surface area contributed by atoms with Crippen molar-refractivity contribution in [3.05, 3.63) is 53.6 Å². The standard InChI is InChI=1S/C18H25NO6.C8H10O/c1-22-15-10-13(11-16(23-2)17(15)24-3)6-5-9-25-18(21)14-7-4-8-19(14)12-20;1-9-7-8-5-3-2-4-6-8/h10-12,14H,4-9H2,1-3H3;2-6H,7H2,1H3. The van der Waals surface area contributed by atoms with E-state index in [4.69, 9.17) is 23.7 Å². The van der Waals surface area contributed by atoms with E-state index in [0.717, 1.165) is 18.4 Å². The van der Waals surface area contributed by atoms with Gasteiger partial charge in [0.25, 0.3) is 0 Å². The maximum Gasteiger partial charge on any atom is 0.328 e. The molecule has 1 aliphatic heterocycles. The third-order valence-electron chi connectivity index (χ3n) is 5.43. The Morgan fingerprint density at radius 2 is 1.68 bits per heavy atom. The van der Waals surface area contributed by atoms with Gasteiger partial charge in [0, 0.05) is 13.7 Å². The number of hydrogen-bond acceptors (Lipinski definition) is 7. The van der Waals surface area contributed by atoms with E-state index in [-0.39, 0.29) is 5.97 Å². The van der Waals surface area contributed by atoms with Crippen LogP contribution in [0.1, 0.15) is 30.4 Å². The average Bonchev–Trinajstić information content (AvgIpc) is 3.36. The Kier molecular flexibility index (Phi) is 11.7. The van der Waals surface area contributed by atoms with Crippen molar-refractivity contribution in [2.75, 3.05) is 41.6 Å². The molecule has 0 saturated carbocycles. The summed E-state index contributed by atoms with van der Waals surface area (Å²) in [6, 6.07) is 13.4. The molecule has 1 atom stereocenters. The highest BCUT2D eigenvalue weighted by molar-refractivity contribution is 5.78. The highest BCUT2D eigenvalue weighted by atomic mass is 16.5. The molecule has 186 valence electrons. The quantitative estimate of drug-likeness (QED) is 0.280. The van der Waals surface area contributed by atoms with Gasteiger partial charge < -0.3 is 28.6 Å². The minimum Gasteiger partial charge on any atom is -0.493 e. The van der Waals surface area contributed by atoms with Gasteiger partial charge in [0.2, 0.25) is 12.2 Å². The lowest BCUT2D eigenvalue weighted by atomic mass is 10.1. The number of carbonyl (C=O) groups is 2. The number of carbonyl (C=O) groups excluding carboxylic acids is 2. The average molecular weight is 474 g/mol. The molecule has 0 N–H and O–H groups in total. The zero-order valence-corrected chi connectivity index (χ0v) is 20.5. The fraction of sp³-hybridized carbons (Fsp3) is 0.462. The molecular weight excluding hydrogens is 438 g/mol. The first-order valence-corrected chi connectivity index (χ1v) is 11.3. The molecule has 2 aromatic rings. The van der Waals surface area contributed by atoms with E-state index in [9.17, 15) is 9.59 Å². The molecule has 1 aliphatic rings. The molecule has 8 nitrogen and oxygen atoms in total. The van der Waals surface area contributed by atoms with Crippen molar-refractivity contribution in [3.63, 3.8) is 0 Å². The van der Waals surface area contributed by atoms with E-state index in [1.165, 1.54) is 10.5 Å². The number of nitrogens with zero attached hydrogens (tertiary/aromatic N) is 1. The van der Waals surface area contributed by atoms with Crippen LogP contribution in [0.3, 0.4) is 0 Å². The summed E-state index contributed by atoms with van der Waals surface area (Å²) in [6.45, 7) is 1.63. The van der Waals surface area contributed by atoms with Crippen LogP contribution >= 0.6 is 0 Å².